The Labute approximate surface area is 125 Å². The van der Waals surface area contributed by atoms with Crippen molar-refractivity contribution in [1.29, 1.82) is 0 Å². The van der Waals surface area contributed by atoms with Gasteiger partial charge in [-0.2, -0.15) is 0 Å². The molecule has 1 saturated heterocycles. The average molecular weight is 286 g/mol. The minimum atomic E-state index is 0.185. The summed E-state index contributed by atoms with van der Waals surface area (Å²) < 4.78 is 5.69. The first kappa shape index (κ1) is 14.1. The van der Waals surface area contributed by atoms with Gasteiger partial charge in [0.2, 0.25) is 5.91 Å². The van der Waals surface area contributed by atoms with Crippen LogP contribution in [0.4, 0.5) is 0 Å². The van der Waals surface area contributed by atoms with Crippen molar-refractivity contribution < 1.29 is 9.21 Å². The third-order valence-electron chi connectivity index (χ3n) is 4.51. The van der Waals surface area contributed by atoms with Gasteiger partial charge in [-0.05, 0) is 31.9 Å². The highest BCUT2D eigenvalue weighted by molar-refractivity contribution is 5.89. The summed E-state index contributed by atoms with van der Waals surface area (Å²) in [6, 6.07) is 4.41. The zero-order valence-electron chi connectivity index (χ0n) is 12.9. The summed E-state index contributed by atoms with van der Waals surface area (Å²) in [5, 5.41) is 4.37. The van der Waals surface area contributed by atoms with Gasteiger partial charge in [0, 0.05) is 36.6 Å². The van der Waals surface area contributed by atoms with E-state index in [0.29, 0.717) is 6.42 Å². The van der Waals surface area contributed by atoms with E-state index in [1.165, 1.54) is 5.56 Å². The van der Waals surface area contributed by atoms with Crippen LogP contribution in [0, 0.1) is 13.8 Å². The minimum Gasteiger partial charge on any atom is -0.464 e. The van der Waals surface area contributed by atoms with Crippen molar-refractivity contribution in [2.24, 2.45) is 0 Å². The van der Waals surface area contributed by atoms with Gasteiger partial charge >= 0.3 is 0 Å². The molecule has 1 N–H and O–H groups in total. The van der Waals surface area contributed by atoms with E-state index >= 15 is 0 Å². The van der Waals surface area contributed by atoms with Crippen LogP contribution in [-0.2, 0) is 11.2 Å². The fraction of sp³-hybridized carbons (Fsp3) is 0.471. The number of furan rings is 1. The molecule has 112 valence electrons. The van der Waals surface area contributed by atoms with Crippen molar-refractivity contribution in [3.05, 3.63) is 35.1 Å². The summed E-state index contributed by atoms with van der Waals surface area (Å²) in [5.74, 6) is 0.185. The molecule has 1 aromatic carbocycles. The summed E-state index contributed by atoms with van der Waals surface area (Å²) in [4.78, 5) is 14.5. The number of hydrogen-bond donors (Lipinski definition) is 1. The van der Waals surface area contributed by atoms with Crippen molar-refractivity contribution in [1.82, 2.24) is 10.2 Å². The van der Waals surface area contributed by atoms with Crippen molar-refractivity contribution >= 4 is 16.9 Å². The standard InChI is InChI=1S/C17H22N2O2/c1-11-4-5-15-14(10-21-17(15)13(11)3)8-16(20)19-7-6-18-9-12(19)2/h4-5,10,12,18H,6-9H2,1-3H3/t12-/m0/s1. The largest absolute Gasteiger partial charge is 0.464 e. The maximum Gasteiger partial charge on any atom is 0.227 e. The third-order valence-corrected chi connectivity index (χ3v) is 4.51. The van der Waals surface area contributed by atoms with Crippen LogP contribution >= 0.6 is 0 Å². The van der Waals surface area contributed by atoms with Gasteiger partial charge in [0.1, 0.15) is 5.58 Å². The van der Waals surface area contributed by atoms with Crippen LogP contribution < -0.4 is 5.32 Å². The number of fused-ring (bicyclic) bond motifs is 1. The molecule has 0 radical (unpaired) electrons. The summed E-state index contributed by atoms with van der Waals surface area (Å²) >= 11 is 0. The second kappa shape index (κ2) is 5.53. The summed E-state index contributed by atoms with van der Waals surface area (Å²) in [6.45, 7) is 8.76. The Kier molecular flexibility index (Phi) is 3.72. The zero-order chi connectivity index (χ0) is 15.0. The fourth-order valence-electron chi connectivity index (χ4n) is 3.00. The predicted octanol–water partition coefficient (Wildman–Crippen LogP) is 2.41. The Morgan fingerprint density at radius 1 is 1.43 bits per heavy atom. The normalized spacial score (nSPS) is 19.2. The van der Waals surface area contributed by atoms with Crippen LogP contribution in [0.5, 0.6) is 0 Å². The number of piperazine rings is 1. The molecular formula is C17H22N2O2. The van der Waals surface area contributed by atoms with E-state index in [0.717, 1.165) is 41.7 Å². The predicted molar refractivity (Wildman–Crippen MR) is 83.4 cm³/mol. The van der Waals surface area contributed by atoms with Crippen LogP contribution in [-0.4, -0.2) is 36.5 Å². The first-order valence-electron chi connectivity index (χ1n) is 7.54. The van der Waals surface area contributed by atoms with Gasteiger partial charge in [-0.1, -0.05) is 12.1 Å². The Balaban J connectivity index is 1.85. The van der Waals surface area contributed by atoms with E-state index in [9.17, 15) is 4.79 Å². The molecular weight excluding hydrogens is 264 g/mol. The second-order valence-corrected chi connectivity index (χ2v) is 5.96. The smallest absolute Gasteiger partial charge is 0.227 e. The Bertz CT molecular complexity index is 675. The number of amides is 1. The lowest BCUT2D eigenvalue weighted by Crippen LogP contribution is -2.52. The average Bonchev–Trinajstić information content (AvgIpc) is 2.87. The quantitative estimate of drug-likeness (QED) is 0.922. The second-order valence-electron chi connectivity index (χ2n) is 5.96. The lowest BCUT2D eigenvalue weighted by Gasteiger charge is -2.34. The highest BCUT2D eigenvalue weighted by Crippen LogP contribution is 2.27. The maximum atomic E-state index is 12.5. The first-order chi connectivity index (χ1) is 10.1. The topological polar surface area (TPSA) is 45.5 Å². The van der Waals surface area contributed by atoms with Crippen molar-refractivity contribution in [2.75, 3.05) is 19.6 Å². The molecule has 2 aromatic rings. The molecule has 1 aromatic heterocycles. The van der Waals surface area contributed by atoms with Crippen LogP contribution in [0.15, 0.2) is 22.8 Å². The van der Waals surface area contributed by atoms with Gasteiger partial charge < -0.3 is 14.6 Å². The van der Waals surface area contributed by atoms with E-state index in [4.69, 9.17) is 4.42 Å². The molecule has 0 bridgehead atoms. The van der Waals surface area contributed by atoms with Gasteiger partial charge in [0.15, 0.2) is 0 Å². The Morgan fingerprint density at radius 3 is 3.00 bits per heavy atom. The molecule has 4 heteroatoms. The number of benzene rings is 1. The highest BCUT2D eigenvalue weighted by atomic mass is 16.3. The van der Waals surface area contributed by atoms with E-state index in [1.54, 1.807) is 6.26 Å². The molecule has 0 unspecified atom stereocenters. The number of nitrogens with one attached hydrogen (secondary N) is 1. The lowest BCUT2D eigenvalue weighted by molar-refractivity contribution is -0.133. The van der Waals surface area contributed by atoms with E-state index in [2.05, 4.69) is 38.2 Å². The van der Waals surface area contributed by atoms with E-state index < -0.39 is 0 Å². The molecule has 0 spiro atoms. The summed E-state index contributed by atoms with van der Waals surface area (Å²) in [7, 11) is 0. The number of rotatable bonds is 2. The molecule has 1 aliphatic rings. The fourth-order valence-corrected chi connectivity index (χ4v) is 3.00. The zero-order valence-corrected chi connectivity index (χ0v) is 12.9. The molecule has 1 atom stereocenters. The number of nitrogens with zero attached hydrogens (tertiary/aromatic N) is 1. The molecule has 0 saturated carbocycles. The van der Waals surface area contributed by atoms with Gasteiger partial charge in [0.25, 0.3) is 0 Å². The van der Waals surface area contributed by atoms with E-state index in [1.807, 2.05) is 4.90 Å². The molecule has 2 heterocycles. The van der Waals surface area contributed by atoms with Crippen molar-refractivity contribution in [3.63, 3.8) is 0 Å². The number of hydrogen-bond acceptors (Lipinski definition) is 3. The van der Waals surface area contributed by atoms with Gasteiger partial charge in [-0.3, -0.25) is 4.79 Å². The van der Waals surface area contributed by atoms with Crippen molar-refractivity contribution in [2.45, 2.75) is 33.2 Å². The molecule has 1 aliphatic heterocycles. The molecule has 21 heavy (non-hydrogen) atoms. The van der Waals surface area contributed by atoms with Crippen LogP contribution in [0.3, 0.4) is 0 Å². The lowest BCUT2D eigenvalue weighted by atomic mass is 10.0. The number of carbonyl (C=O) groups excluding carboxylic acids is 1. The van der Waals surface area contributed by atoms with Crippen LogP contribution in [0.1, 0.15) is 23.6 Å². The van der Waals surface area contributed by atoms with Crippen LogP contribution in [0.2, 0.25) is 0 Å². The molecule has 1 fully saturated rings. The SMILES string of the molecule is Cc1ccc2c(CC(=O)N3CCNC[C@@H]3C)coc2c1C. The van der Waals surface area contributed by atoms with Crippen molar-refractivity contribution in [3.8, 4) is 0 Å². The number of carbonyl (C=O) groups is 1. The van der Waals surface area contributed by atoms with Gasteiger partial charge in [-0.25, -0.2) is 0 Å². The van der Waals surface area contributed by atoms with Gasteiger partial charge in [0.05, 0.1) is 12.7 Å². The Morgan fingerprint density at radius 2 is 2.24 bits per heavy atom. The monoisotopic (exact) mass is 286 g/mol. The maximum absolute atomic E-state index is 12.5. The summed E-state index contributed by atoms with van der Waals surface area (Å²) in [5.41, 5.74) is 4.27. The number of aryl methyl sites for hydroxylation is 2. The van der Waals surface area contributed by atoms with E-state index in [-0.39, 0.29) is 11.9 Å². The summed E-state index contributed by atoms with van der Waals surface area (Å²) in [6.07, 6.45) is 2.15. The first-order valence-corrected chi connectivity index (χ1v) is 7.54. The minimum absolute atomic E-state index is 0.185. The molecule has 4 nitrogen and oxygen atoms in total. The third kappa shape index (κ3) is 2.56. The highest BCUT2D eigenvalue weighted by Gasteiger charge is 2.24. The molecule has 0 aliphatic carbocycles. The molecule has 1 amide bonds. The molecule has 3 rings (SSSR count). The van der Waals surface area contributed by atoms with Crippen LogP contribution in [0.25, 0.3) is 11.0 Å². The Hall–Kier alpha value is -1.81. The van der Waals surface area contributed by atoms with Gasteiger partial charge in [-0.15, -0.1) is 0 Å².